The molecule has 3 aromatic rings. The van der Waals surface area contributed by atoms with Crippen molar-refractivity contribution < 1.29 is 43.0 Å². The van der Waals surface area contributed by atoms with Crippen LogP contribution in [0.15, 0.2) is 36.9 Å². The minimum atomic E-state index is -4.46. The number of anilines is 1. The number of phosphoric acid groups is 1. The van der Waals surface area contributed by atoms with Crippen molar-refractivity contribution in [3.8, 4) is 5.75 Å². The Hall–Kier alpha value is -3.13. The van der Waals surface area contributed by atoms with E-state index in [0.29, 0.717) is 0 Å². The van der Waals surface area contributed by atoms with Crippen molar-refractivity contribution in [2.45, 2.75) is 24.5 Å². The molecule has 1 aliphatic rings. The Labute approximate surface area is 186 Å². The number of rotatable bonds is 7. The topological polar surface area (TPSA) is 201 Å². The number of phenolic OH excluding ortho intramolecular Hbond substituents is 1. The van der Waals surface area contributed by atoms with Crippen molar-refractivity contribution in [1.82, 2.24) is 19.5 Å². The third-order valence-corrected chi connectivity index (χ3v) is 6.24. The van der Waals surface area contributed by atoms with Crippen LogP contribution in [-0.2, 0) is 22.9 Å². The van der Waals surface area contributed by atoms with Crippen molar-refractivity contribution in [3.63, 3.8) is 0 Å². The van der Waals surface area contributed by atoms with E-state index in [2.05, 4.69) is 15.0 Å². The number of imidazole rings is 1. The Morgan fingerprint density at radius 1 is 1.24 bits per heavy atom. The number of phosphoric ester groups is 1. The van der Waals surface area contributed by atoms with Gasteiger partial charge in [0, 0.05) is 7.11 Å². The van der Waals surface area contributed by atoms with E-state index < -0.39 is 44.9 Å². The highest BCUT2D eigenvalue weighted by molar-refractivity contribution is 7.49. The lowest BCUT2D eigenvalue weighted by atomic mass is 10.1. The van der Waals surface area contributed by atoms with Crippen molar-refractivity contribution in [2.24, 2.45) is 0 Å². The maximum absolute atomic E-state index is 12.7. The van der Waals surface area contributed by atoms with Gasteiger partial charge >= 0.3 is 13.8 Å². The van der Waals surface area contributed by atoms with Gasteiger partial charge in [-0.25, -0.2) is 24.3 Å². The summed E-state index contributed by atoms with van der Waals surface area (Å²) in [6, 6.07) is 5.46. The number of nitrogens with two attached hydrogens (primary N) is 1. The second kappa shape index (κ2) is 9.02. The molecule has 0 bridgehead atoms. The molecule has 33 heavy (non-hydrogen) atoms. The molecule has 3 heterocycles. The number of hydrogen-bond acceptors (Lipinski definition) is 13. The predicted octanol–water partition coefficient (Wildman–Crippen LogP) is 0.361. The minimum absolute atomic E-state index is 0.124. The lowest BCUT2D eigenvalue weighted by Crippen LogP contribution is -2.33. The number of aliphatic hydroxyl groups excluding tert-OH is 2. The average Bonchev–Trinajstić information content (AvgIpc) is 3.35. The van der Waals surface area contributed by atoms with E-state index in [9.17, 15) is 24.7 Å². The molecule has 0 amide bonds. The smallest absolute Gasteiger partial charge is 0.507 e. The first-order valence-corrected chi connectivity index (χ1v) is 11.0. The Morgan fingerprint density at radius 3 is 2.73 bits per heavy atom. The molecule has 1 aromatic carbocycles. The quantitative estimate of drug-likeness (QED) is 0.337. The first-order valence-electron chi connectivity index (χ1n) is 9.51. The second-order valence-corrected chi connectivity index (χ2v) is 8.65. The number of para-hydroxylation sites is 1. The van der Waals surface area contributed by atoms with Crippen molar-refractivity contribution in [3.05, 3.63) is 42.5 Å². The molecule has 176 valence electrons. The van der Waals surface area contributed by atoms with Crippen LogP contribution in [0, 0.1) is 0 Å². The standard InChI is InChI=1S/C18H20N5O9P/c1-29-33(28,32-18(27)9-4-2-3-5-10(9)24)30-6-11-13(25)14(26)17(31-11)23-8-22-12-15(19)20-7-21-16(12)23/h2-5,7-8,11,13-14,17,24-26H,6H2,1H3,(H2,19,20,21)/t11-,13-,14-,17-,33?/m1/s1. The predicted molar refractivity (Wildman–Crippen MR) is 110 cm³/mol. The Bertz CT molecular complexity index is 1220. The Balaban J connectivity index is 1.46. The van der Waals surface area contributed by atoms with E-state index >= 15 is 0 Å². The van der Waals surface area contributed by atoms with Crippen LogP contribution < -0.4 is 5.73 Å². The van der Waals surface area contributed by atoms with Gasteiger partial charge in [0.05, 0.1) is 12.9 Å². The van der Waals surface area contributed by atoms with Crippen LogP contribution in [0.4, 0.5) is 5.82 Å². The summed E-state index contributed by atoms with van der Waals surface area (Å²) in [5.74, 6) is -1.41. The van der Waals surface area contributed by atoms with Crippen LogP contribution in [0.2, 0.25) is 0 Å². The van der Waals surface area contributed by atoms with Crippen molar-refractivity contribution >= 4 is 30.8 Å². The molecule has 1 saturated heterocycles. The Morgan fingerprint density at radius 2 is 2.00 bits per heavy atom. The van der Waals surface area contributed by atoms with Gasteiger partial charge in [-0.15, -0.1) is 0 Å². The van der Waals surface area contributed by atoms with Gasteiger partial charge in [-0.3, -0.25) is 13.6 Å². The average molecular weight is 481 g/mol. The van der Waals surface area contributed by atoms with Crippen LogP contribution in [0.1, 0.15) is 16.6 Å². The number of phenols is 1. The summed E-state index contributed by atoms with van der Waals surface area (Å²) in [6.07, 6.45) is -2.69. The number of fused-ring (bicyclic) bond motifs is 1. The zero-order valence-electron chi connectivity index (χ0n) is 17.1. The number of carbonyl (C=O) groups excluding carboxylic acids is 1. The fourth-order valence-electron chi connectivity index (χ4n) is 3.23. The second-order valence-electron chi connectivity index (χ2n) is 6.95. The van der Waals surface area contributed by atoms with Crippen molar-refractivity contribution in [1.29, 1.82) is 0 Å². The third kappa shape index (κ3) is 4.39. The number of nitrogens with zero attached hydrogens (tertiary/aromatic N) is 4. The highest BCUT2D eigenvalue weighted by atomic mass is 31.2. The molecule has 1 aliphatic heterocycles. The molecule has 5 atom stereocenters. The number of aromatic nitrogens is 4. The summed E-state index contributed by atoms with van der Waals surface area (Å²) < 4.78 is 34.4. The van der Waals surface area contributed by atoms with Crippen LogP contribution >= 0.6 is 7.82 Å². The fourth-order valence-corrected chi connectivity index (χ4v) is 4.09. The van der Waals surface area contributed by atoms with Gasteiger partial charge < -0.3 is 30.3 Å². The zero-order chi connectivity index (χ0) is 23.8. The largest absolute Gasteiger partial charge is 0.532 e. The monoisotopic (exact) mass is 481 g/mol. The molecule has 0 radical (unpaired) electrons. The summed E-state index contributed by atoms with van der Waals surface area (Å²) in [7, 11) is -3.47. The molecule has 0 saturated carbocycles. The van der Waals surface area contributed by atoms with Crippen LogP contribution in [-0.4, -0.2) is 72.8 Å². The molecule has 4 rings (SSSR count). The fraction of sp³-hybridized carbons (Fsp3) is 0.333. The van der Waals surface area contributed by atoms with Gasteiger partial charge in [0.2, 0.25) is 0 Å². The highest BCUT2D eigenvalue weighted by Gasteiger charge is 2.46. The van der Waals surface area contributed by atoms with E-state index in [0.717, 1.165) is 7.11 Å². The molecule has 0 aliphatic carbocycles. The minimum Gasteiger partial charge on any atom is -0.507 e. The summed E-state index contributed by atoms with van der Waals surface area (Å²) in [4.78, 5) is 24.2. The van der Waals surface area contributed by atoms with E-state index in [-0.39, 0.29) is 28.3 Å². The van der Waals surface area contributed by atoms with Crippen molar-refractivity contribution in [2.75, 3.05) is 19.5 Å². The summed E-state index contributed by atoms with van der Waals surface area (Å²) in [5, 5.41) is 30.6. The van der Waals surface area contributed by atoms with Gasteiger partial charge in [0.1, 0.15) is 41.5 Å². The number of aliphatic hydroxyl groups is 2. The molecular weight excluding hydrogens is 461 g/mol. The number of hydrogen-bond donors (Lipinski definition) is 4. The number of aromatic hydroxyl groups is 1. The van der Waals surface area contributed by atoms with Gasteiger partial charge in [-0.1, -0.05) is 12.1 Å². The number of ether oxygens (including phenoxy) is 1. The summed E-state index contributed by atoms with van der Waals surface area (Å²) in [5.41, 5.74) is 6.05. The number of nitrogen functional groups attached to an aromatic ring is 1. The first kappa shape index (κ1) is 23.0. The molecule has 1 fully saturated rings. The van der Waals surface area contributed by atoms with E-state index in [1.54, 1.807) is 0 Å². The Kier molecular flexibility index (Phi) is 6.30. The van der Waals surface area contributed by atoms with Crippen LogP contribution in [0.3, 0.4) is 0 Å². The molecule has 0 spiro atoms. The molecule has 2 aromatic heterocycles. The van der Waals surface area contributed by atoms with Crippen LogP contribution in [0.25, 0.3) is 11.2 Å². The van der Waals surface area contributed by atoms with Gasteiger partial charge in [-0.2, -0.15) is 0 Å². The lowest BCUT2D eigenvalue weighted by Gasteiger charge is -2.19. The van der Waals surface area contributed by atoms with Gasteiger partial charge in [0.15, 0.2) is 17.7 Å². The number of carbonyl (C=O) groups is 1. The molecular formula is C18H20N5O9P. The SMILES string of the molecule is COP(=O)(OC[C@H]1O[C@@H](n2cnc3c(N)ncnc32)[C@H](O)[C@@H]1O)OC(=O)c1ccccc1O. The van der Waals surface area contributed by atoms with Gasteiger partial charge in [0.25, 0.3) is 0 Å². The molecule has 14 nitrogen and oxygen atoms in total. The first-order chi connectivity index (χ1) is 15.7. The van der Waals surface area contributed by atoms with E-state index in [4.69, 9.17) is 24.0 Å². The highest BCUT2D eigenvalue weighted by Crippen LogP contribution is 2.50. The molecule has 15 heteroatoms. The van der Waals surface area contributed by atoms with Crippen LogP contribution in [0.5, 0.6) is 5.75 Å². The molecule has 5 N–H and O–H groups in total. The lowest BCUT2D eigenvalue weighted by molar-refractivity contribution is -0.0513. The molecule has 1 unspecified atom stereocenters. The summed E-state index contributed by atoms with van der Waals surface area (Å²) >= 11 is 0. The summed E-state index contributed by atoms with van der Waals surface area (Å²) in [6.45, 7) is -0.572. The zero-order valence-corrected chi connectivity index (χ0v) is 18.0. The third-order valence-electron chi connectivity index (χ3n) is 4.94. The van der Waals surface area contributed by atoms with E-state index in [1.807, 2.05) is 0 Å². The van der Waals surface area contributed by atoms with Gasteiger partial charge in [-0.05, 0) is 12.1 Å². The number of benzene rings is 1. The normalized spacial score (nSPS) is 24.6. The van der Waals surface area contributed by atoms with E-state index in [1.165, 1.54) is 41.5 Å². The maximum Gasteiger partial charge on any atom is 0.532 e. The maximum atomic E-state index is 12.7.